The van der Waals surface area contributed by atoms with E-state index in [1.807, 2.05) is 36.7 Å². The van der Waals surface area contributed by atoms with Gasteiger partial charge in [-0.25, -0.2) is 14.4 Å². The molecule has 7 heterocycles. The Balaban J connectivity index is 1.15. The molecule has 0 saturated carbocycles. The lowest BCUT2D eigenvalue weighted by molar-refractivity contribution is -0.00876. The van der Waals surface area contributed by atoms with Gasteiger partial charge in [0.05, 0.1) is 12.8 Å². The maximum Gasteiger partial charge on any atom is 0.319 e. The second-order valence-corrected chi connectivity index (χ2v) is 8.87. The molecule has 9 nitrogen and oxygen atoms in total. The highest BCUT2D eigenvalue weighted by atomic mass is 19.1. The lowest BCUT2D eigenvalue weighted by Gasteiger charge is -2.56. The molecule has 0 spiro atoms. The number of ether oxygens (including phenoxy) is 2. The molecule has 3 aliphatic rings. The average Bonchev–Trinajstić information content (AvgIpc) is 3.39. The summed E-state index contributed by atoms with van der Waals surface area (Å²) in [7, 11) is 1.63. The summed E-state index contributed by atoms with van der Waals surface area (Å²) in [6.45, 7) is 2.13. The van der Waals surface area contributed by atoms with Crippen LogP contribution >= 0.6 is 0 Å². The lowest BCUT2D eigenvalue weighted by Crippen LogP contribution is -2.68. The standard InChI is InChI=1S/C25H26FN7O2/c1-34-22-5-2-16(11-29-22)13-33-18-10-19(33)15-32(14-18)21-4-3-17(12-28-21)23-20-6-8-27-24(20)31-25(30-23)35-9-7-26/h2-6,8,11-12,18-19H,7,9-10,13-15H2,1H3,(H,27,30,31). The fourth-order valence-corrected chi connectivity index (χ4v) is 5.02. The number of rotatable bonds is 8. The molecule has 3 saturated heterocycles. The van der Waals surface area contributed by atoms with Crippen LogP contribution in [0, 0.1) is 0 Å². The summed E-state index contributed by atoms with van der Waals surface area (Å²) in [5, 5.41) is 0.870. The number of hydrogen-bond donors (Lipinski definition) is 1. The third kappa shape index (κ3) is 4.14. The van der Waals surface area contributed by atoms with E-state index in [-0.39, 0.29) is 12.6 Å². The zero-order valence-corrected chi connectivity index (χ0v) is 19.4. The minimum atomic E-state index is -0.593. The van der Waals surface area contributed by atoms with Gasteiger partial charge in [-0.2, -0.15) is 9.97 Å². The monoisotopic (exact) mass is 475 g/mol. The van der Waals surface area contributed by atoms with E-state index >= 15 is 0 Å². The van der Waals surface area contributed by atoms with Crippen molar-refractivity contribution in [2.45, 2.75) is 25.0 Å². The van der Waals surface area contributed by atoms with Crippen LogP contribution in [-0.2, 0) is 6.54 Å². The van der Waals surface area contributed by atoms with E-state index in [4.69, 9.17) is 14.5 Å². The highest BCUT2D eigenvalue weighted by Gasteiger charge is 2.44. The molecule has 1 N–H and O–H groups in total. The summed E-state index contributed by atoms with van der Waals surface area (Å²) < 4.78 is 23.1. The van der Waals surface area contributed by atoms with Crippen molar-refractivity contribution < 1.29 is 13.9 Å². The van der Waals surface area contributed by atoms with Gasteiger partial charge in [-0.05, 0) is 30.2 Å². The summed E-state index contributed by atoms with van der Waals surface area (Å²) in [5.41, 5.74) is 3.43. The predicted molar refractivity (Wildman–Crippen MR) is 129 cm³/mol. The molecule has 0 aliphatic carbocycles. The van der Waals surface area contributed by atoms with Gasteiger partial charge in [0.1, 0.15) is 24.7 Å². The first-order chi connectivity index (χ1) is 17.2. The number of piperidine rings is 1. The molecular formula is C25H26FN7O2. The Bertz CT molecular complexity index is 1300. The zero-order valence-electron chi connectivity index (χ0n) is 19.4. The number of H-pyrrole nitrogens is 1. The van der Waals surface area contributed by atoms with E-state index in [2.05, 4.69) is 35.8 Å². The van der Waals surface area contributed by atoms with Gasteiger partial charge in [0.25, 0.3) is 0 Å². The van der Waals surface area contributed by atoms with Crippen molar-refractivity contribution in [3.63, 3.8) is 0 Å². The van der Waals surface area contributed by atoms with Crippen molar-refractivity contribution in [1.29, 1.82) is 0 Å². The SMILES string of the molecule is COc1ccc(CN2C3CC2CN(c2ccc(-c4nc(OCCF)nc5[nH]ccc45)cn2)C3)cn1. The number of nitrogens with one attached hydrogen (secondary N) is 1. The number of hydrogen-bond acceptors (Lipinski definition) is 8. The van der Waals surface area contributed by atoms with Crippen molar-refractivity contribution in [2.24, 2.45) is 0 Å². The third-order valence-electron chi connectivity index (χ3n) is 6.77. The Labute approximate surface area is 202 Å². The van der Waals surface area contributed by atoms with Gasteiger partial charge in [-0.3, -0.25) is 4.90 Å². The van der Waals surface area contributed by atoms with Crippen LogP contribution in [0.4, 0.5) is 10.2 Å². The number of fused-ring (bicyclic) bond motifs is 3. The second kappa shape index (κ2) is 9.10. The molecule has 10 heteroatoms. The number of halogens is 1. The molecule has 35 heavy (non-hydrogen) atoms. The highest BCUT2D eigenvalue weighted by Crippen LogP contribution is 2.36. The van der Waals surface area contributed by atoms with Gasteiger partial charge in [0, 0.05) is 67.3 Å². The molecule has 4 aromatic rings. The van der Waals surface area contributed by atoms with Gasteiger partial charge in [-0.1, -0.05) is 6.07 Å². The molecule has 0 radical (unpaired) electrons. The Hall–Kier alpha value is -3.79. The van der Waals surface area contributed by atoms with Gasteiger partial charge in [0.2, 0.25) is 5.88 Å². The first kappa shape index (κ1) is 21.7. The van der Waals surface area contributed by atoms with Gasteiger partial charge >= 0.3 is 6.01 Å². The maximum atomic E-state index is 12.6. The molecule has 3 fully saturated rings. The number of anilines is 1. The number of nitrogens with zero attached hydrogens (tertiary/aromatic N) is 6. The predicted octanol–water partition coefficient (Wildman–Crippen LogP) is 3.23. The molecule has 2 unspecified atom stereocenters. The number of piperazine rings is 1. The largest absolute Gasteiger partial charge is 0.481 e. The summed E-state index contributed by atoms with van der Waals surface area (Å²) in [6, 6.07) is 11.2. The zero-order chi connectivity index (χ0) is 23.8. The Morgan fingerprint density at radius 2 is 1.94 bits per heavy atom. The number of pyridine rings is 2. The topological polar surface area (TPSA) is 92.3 Å². The molecular weight excluding hydrogens is 449 g/mol. The van der Waals surface area contributed by atoms with Crippen molar-refractivity contribution in [3.8, 4) is 23.1 Å². The number of alkyl halides is 1. The molecule has 2 atom stereocenters. The normalized spacial score (nSPS) is 19.5. The molecule has 7 rings (SSSR count). The van der Waals surface area contributed by atoms with Crippen molar-refractivity contribution in [3.05, 3.63) is 54.5 Å². The second-order valence-electron chi connectivity index (χ2n) is 8.87. The summed E-state index contributed by atoms with van der Waals surface area (Å²) in [5.74, 6) is 1.60. The van der Waals surface area contributed by atoms with Crippen molar-refractivity contribution >= 4 is 16.9 Å². The fourth-order valence-electron chi connectivity index (χ4n) is 5.02. The molecule has 3 aliphatic heterocycles. The fraction of sp³-hybridized carbons (Fsp3) is 0.360. The van der Waals surface area contributed by atoms with Crippen LogP contribution in [-0.4, -0.2) is 75.4 Å². The van der Waals surface area contributed by atoms with E-state index in [9.17, 15) is 4.39 Å². The van der Waals surface area contributed by atoms with E-state index in [0.29, 0.717) is 29.3 Å². The number of aromatic amines is 1. The summed E-state index contributed by atoms with van der Waals surface area (Å²) in [4.78, 5) is 25.9. The lowest BCUT2D eigenvalue weighted by atomic mass is 9.87. The first-order valence-electron chi connectivity index (χ1n) is 11.7. The maximum absolute atomic E-state index is 12.6. The molecule has 180 valence electrons. The van der Waals surface area contributed by atoms with Crippen LogP contribution < -0.4 is 14.4 Å². The summed E-state index contributed by atoms with van der Waals surface area (Å²) >= 11 is 0. The Kier molecular flexibility index (Phi) is 5.65. The van der Waals surface area contributed by atoms with Crippen LogP contribution in [0.1, 0.15) is 12.0 Å². The van der Waals surface area contributed by atoms with Crippen LogP contribution in [0.3, 0.4) is 0 Å². The number of aromatic nitrogens is 5. The molecule has 0 aromatic carbocycles. The van der Waals surface area contributed by atoms with Crippen molar-refractivity contribution in [2.75, 3.05) is 38.4 Å². The highest BCUT2D eigenvalue weighted by molar-refractivity contribution is 5.90. The Morgan fingerprint density at radius 3 is 2.66 bits per heavy atom. The average molecular weight is 476 g/mol. The Morgan fingerprint density at radius 1 is 1.06 bits per heavy atom. The summed E-state index contributed by atoms with van der Waals surface area (Å²) in [6.07, 6.45) is 6.75. The van der Waals surface area contributed by atoms with Crippen molar-refractivity contribution in [1.82, 2.24) is 29.8 Å². The van der Waals surface area contributed by atoms with Crippen LogP contribution in [0.15, 0.2) is 48.9 Å². The first-order valence-corrected chi connectivity index (χ1v) is 11.7. The van der Waals surface area contributed by atoms with Gasteiger partial charge < -0.3 is 19.4 Å². The van der Waals surface area contributed by atoms with E-state index in [1.54, 1.807) is 13.3 Å². The number of methoxy groups -OCH3 is 1. The van der Waals surface area contributed by atoms with Gasteiger partial charge in [0.15, 0.2) is 0 Å². The van der Waals surface area contributed by atoms with Crippen LogP contribution in [0.25, 0.3) is 22.3 Å². The smallest absolute Gasteiger partial charge is 0.319 e. The quantitative estimate of drug-likeness (QED) is 0.415. The van der Waals surface area contributed by atoms with Gasteiger partial charge in [-0.15, -0.1) is 0 Å². The van der Waals surface area contributed by atoms with Crippen LogP contribution in [0.2, 0.25) is 0 Å². The van der Waals surface area contributed by atoms with E-state index in [1.165, 1.54) is 12.0 Å². The minimum Gasteiger partial charge on any atom is -0.481 e. The van der Waals surface area contributed by atoms with E-state index < -0.39 is 6.67 Å². The third-order valence-corrected chi connectivity index (χ3v) is 6.77. The molecule has 2 bridgehead atoms. The molecule has 0 amide bonds. The minimum absolute atomic E-state index is 0.0773. The van der Waals surface area contributed by atoms with E-state index in [0.717, 1.165) is 36.4 Å². The van der Waals surface area contributed by atoms with Crippen LogP contribution in [0.5, 0.6) is 11.9 Å². The molecule has 4 aromatic heterocycles.